The Morgan fingerprint density at radius 2 is 2.00 bits per heavy atom. The van der Waals surface area contributed by atoms with Gasteiger partial charge in [-0.25, -0.2) is 9.37 Å². The minimum atomic E-state index is -0.499. The lowest BCUT2D eigenvalue weighted by molar-refractivity contribution is 0.0984. The van der Waals surface area contributed by atoms with Gasteiger partial charge in [0.25, 0.3) is 11.8 Å². The van der Waals surface area contributed by atoms with E-state index in [4.69, 9.17) is 0 Å². The van der Waals surface area contributed by atoms with Gasteiger partial charge < -0.3 is 10.2 Å². The average molecular weight is 393 g/mol. The fraction of sp³-hybridized carbons (Fsp3) is 0.0952. The summed E-state index contributed by atoms with van der Waals surface area (Å²) in [5, 5.41) is 3.18. The number of para-hydroxylation sites is 1. The van der Waals surface area contributed by atoms with Crippen molar-refractivity contribution in [2.24, 2.45) is 0 Å². The predicted molar refractivity (Wildman–Crippen MR) is 107 cm³/mol. The van der Waals surface area contributed by atoms with Gasteiger partial charge in [0, 0.05) is 23.2 Å². The second-order valence-electron chi connectivity index (χ2n) is 6.12. The third-order valence-corrected chi connectivity index (χ3v) is 5.47. The summed E-state index contributed by atoms with van der Waals surface area (Å²) in [7, 11) is 0. The fourth-order valence-electron chi connectivity index (χ4n) is 3.02. The summed E-state index contributed by atoms with van der Waals surface area (Å²) < 4.78 is 13.8. The maximum absolute atomic E-state index is 13.8. The van der Waals surface area contributed by atoms with Gasteiger partial charge in [-0.1, -0.05) is 23.9 Å². The van der Waals surface area contributed by atoms with E-state index in [2.05, 4.69) is 10.3 Å². The lowest BCUT2D eigenvalue weighted by Gasteiger charge is -2.21. The summed E-state index contributed by atoms with van der Waals surface area (Å²) in [6.45, 7) is 2.38. The zero-order valence-electron chi connectivity index (χ0n) is 15.0. The first-order valence-corrected chi connectivity index (χ1v) is 9.55. The number of nitrogens with zero attached hydrogens (tertiary/aromatic N) is 2. The SMILES string of the molecule is CCN1C(=O)c2cccnc2Sc2cc(C(=O)Nc3ccccc3F)ccc21. The van der Waals surface area contributed by atoms with Crippen molar-refractivity contribution in [3.63, 3.8) is 0 Å². The van der Waals surface area contributed by atoms with Crippen LogP contribution < -0.4 is 10.2 Å². The number of pyridine rings is 1. The summed E-state index contributed by atoms with van der Waals surface area (Å²) in [4.78, 5) is 32.2. The predicted octanol–water partition coefficient (Wildman–Crippen LogP) is 4.60. The molecule has 0 atom stereocenters. The Morgan fingerprint density at radius 3 is 2.79 bits per heavy atom. The molecule has 28 heavy (non-hydrogen) atoms. The Bertz CT molecular complexity index is 1090. The number of benzene rings is 2. The van der Waals surface area contributed by atoms with Gasteiger partial charge in [0.05, 0.1) is 16.9 Å². The highest BCUT2D eigenvalue weighted by molar-refractivity contribution is 7.99. The minimum absolute atomic E-state index is 0.118. The van der Waals surface area contributed by atoms with Crippen LogP contribution in [-0.4, -0.2) is 23.3 Å². The van der Waals surface area contributed by atoms with Crippen molar-refractivity contribution < 1.29 is 14.0 Å². The van der Waals surface area contributed by atoms with Gasteiger partial charge in [-0.2, -0.15) is 0 Å². The number of halogens is 1. The Labute approximate surface area is 165 Å². The number of hydrogen-bond acceptors (Lipinski definition) is 4. The number of hydrogen-bond donors (Lipinski definition) is 1. The first-order valence-electron chi connectivity index (χ1n) is 8.73. The highest BCUT2D eigenvalue weighted by Gasteiger charge is 2.27. The second-order valence-corrected chi connectivity index (χ2v) is 7.15. The molecule has 1 aromatic heterocycles. The number of carbonyl (C=O) groups excluding carboxylic acids is 2. The monoisotopic (exact) mass is 393 g/mol. The van der Waals surface area contributed by atoms with Gasteiger partial charge >= 0.3 is 0 Å². The molecular formula is C21H16FN3O2S. The standard InChI is InChI=1S/C21H16FN3O2S/c1-2-25-17-10-9-13(19(26)24-16-8-4-3-7-15(16)22)12-18(17)28-20-14(21(25)27)6-5-11-23-20/h3-12H,2H2,1H3,(H,24,26). The molecule has 1 N–H and O–H groups in total. The van der Waals surface area contributed by atoms with E-state index >= 15 is 0 Å². The molecule has 2 aromatic carbocycles. The van der Waals surface area contributed by atoms with E-state index in [-0.39, 0.29) is 11.6 Å². The summed E-state index contributed by atoms with van der Waals surface area (Å²) in [6.07, 6.45) is 1.63. The number of nitrogens with one attached hydrogen (secondary N) is 1. The first-order chi connectivity index (χ1) is 13.6. The van der Waals surface area contributed by atoms with Crippen LogP contribution in [0.4, 0.5) is 15.8 Å². The van der Waals surface area contributed by atoms with Crippen LogP contribution in [0.3, 0.4) is 0 Å². The van der Waals surface area contributed by atoms with E-state index in [9.17, 15) is 14.0 Å². The van der Waals surface area contributed by atoms with Crippen LogP contribution in [-0.2, 0) is 0 Å². The highest BCUT2D eigenvalue weighted by atomic mass is 32.2. The van der Waals surface area contributed by atoms with Crippen molar-refractivity contribution in [3.8, 4) is 0 Å². The van der Waals surface area contributed by atoms with E-state index in [1.54, 1.807) is 53.6 Å². The van der Waals surface area contributed by atoms with Gasteiger partial charge in [0.15, 0.2) is 0 Å². The molecule has 140 valence electrons. The summed E-state index contributed by atoms with van der Waals surface area (Å²) in [5.74, 6) is -1.05. The van der Waals surface area contributed by atoms with Crippen LogP contribution in [0.2, 0.25) is 0 Å². The Balaban J connectivity index is 1.72. The Morgan fingerprint density at radius 1 is 1.18 bits per heavy atom. The van der Waals surface area contributed by atoms with Gasteiger partial charge in [-0.15, -0.1) is 0 Å². The van der Waals surface area contributed by atoms with Crippen molar-refractivity contribution in [2.75, 3.05) is 16.8 Å². The molecule has 0 saturated carbocycles. The zero-order chi connectivity index (χ0) is 19.7. The van der Waals surface area contributed by atoms with E-state index in [1.165, 1.54) is 23.9 Å². The number of amides is 2. The topological polar surface area (TPSA) is 62.3 Å². The van der Waals surface area contributed by atoms with Crippen LogP contribution in [0.5, 0.6) is 0 Å². The van der Waals surface area contributed by atoms with Crippen molar-refractivity contribution in [1.82, 2.24) is 4.98 Å². The van der Waals surface area contributed by atoms with Crippen molar-refractivity contribution >= 4 is 35.0 Å². The molecule has 1 aliphatic rings. The van der Waals surface area contributed by atoms with Crippen molar-refractivity contribution in [3.05, 3.63) is 77.7 Å². The molecule has 2 amide bonds. The number of anilines is 2. The summed E-state index contributed by atoms with van der Waals surface area (Å²) in [5.41, 5.74) is 1.74. The van der Waals surface area contributed by atoms with Gasteiger partial charge in [0.2, 0.25) is 0 Å². The van der Waals surface area contributed by atoms with Crippen molar-refractivity contribution in [1.29, 1.82) is 0 Å². The van der Waals surface area contributed by atoms with Crippen LogP contribution in [0, 0.1) is 5.82 Å². The van der Waals surface area contributed by atoms with Gasteiger partial charge in [-0.05, 0) is 49.4 Å². The molecule has 0 spiro atoms. The summed E-state index contributed by atoms with van der Waals surface area (Å²) in [6, 6.07) is 14.6. The normalized spacial score (nSPS) is 12.8. The lowest BCUT2D eigenvalue weighted by atomic mass is 10.1. The molecule has 5 nitrogen and oxygen atoms in total. The molecule has 0 bridgehead atoms. The smallest absolute Gasteiger partial charge is 0.261 e. The molecule has 0 saturated heterocycles. The summed E-state index contributed by atoms with van der Waals surface area (Å²) >= 11 is 1.34. The average Bonchev–Trinajstić information content (AvgIpc) is 2.83. The number of fused-ring (bicyclic) bond motifs is 2. The number of carbonyl (C=O) groups is 2. The number of aromatic nitrogens is 1. The van der Waals surface area contributed by atoms with Crippen LogP contribution in [0.25, 0.3) is 0 Å². The maximum atomic E-state index is 13.8. The van der Waals surface area contributed by atoms with Crippen LogP contribution in [0.15, 0.2) is 70.7 Å². The quantitative estimate of drug-likeness (QED) is 0.706. The molecule has 0 unspecified atom stereocenters. The largest absolute Gasteiger partial charge is 0.319 e. The van der Waals surface area contributed by atoms with Crippen LogP contribution in [0.1, 0.15) is 27.6 Å². The highest BCUT2D eigenvalue weighted by Crippen LogP contribution is 2.40. The zero-order valence-corrected chi connectivity index (χ0v) is 15.8. The molecule has 3 aromatic rings. The van der Waals surface area contributed by atoms with Gasteiger partial charge in [-0.3, -0.25) is 9.59 Å². The third-order valence-electron chi connectivity index (χ3n) is 4.40. The Hall–Kier alpha value is -3.19. The second kappa shape index (κ2) is 7.44. The Kier molecular flexibility index (Phi) is 4.83. The van der Waals surface area contributed by atoms with E-state index in [0.717, 1.165) is 10.6 Å². The minimum Gasteiger partial charge on any atom is -0.319 e. The molecule has 7 heteroatoms. The fourth-order valence-corrected chi connectivity index (χ4v) is 4.08. The first kappa shape index (κ1) is 18.2. The third kappa shape index (κ3) is 3.25. The maximum Gasteiger partial charge on any atom is 0.261 e. The molecule has 0 radical (unpaired) electrons. The van der Waals surface area contributed by atoms with E-state index in [1.807, 2.05) is 6.92 Å². The van der Waals surface area contributed by atoms with E-state index in [0.29, 0.717) is 22.7 Å². The number of rotatable bonds is 3. The molecule has 0 aliphatic carbocycles. The van der Waals surface area contributed by atoms with Crippen LogP contribution >= 0.6 is 11.8 Å². The van der Waals surface area contributed by atoms with E-state index < -0.39 is 11.7 Å². The van der Waals surface area contributed by atoms with Gasteiger partial charge in [0.1, 0.15) is 10.8 Å². The molecule has 2 heterocycles. The molecule has 1 aliphatic heterocycles. The lowest BCUT2D eigenvalue weighted by Crippen LogP contribution is -2.30. The molecule has 0 fully saturated rings. The molecular weight excluding hydrogens is 377 g/mol. The molecule has 4 rings (SSSR count). The van der Waals surface area contributed by atoms with Crippen molar-refractivity contribution in [2.45, 2.75) is 16.8 Å².